The van der Waals surface area contributed by atoms with Crippen molar-refractivity contribution in [1.29, 1.82) is 0 Å². The van der Waals surface area contributed by atoms with Crippen molar-refractivity contribution >= 4 is 29.9 Å². The molecule has 0 aromatic heterocycles. The quantitative estimate of drug-likeness (QED) is 0.818. The Morgan fingerprint density at radius 1 is 1.19 bits per heavy atom. The third-order valence-electron chi connectivity index (χ3n) is 4.63. The van der Waals surface area contributed by atoms with Gasteiger partial charge < -0.3 is 10.6 Å². The molecule has 1 fully saturated rings. The monoisotopic (exact) mass is 393 g/mol. The highest BCUT2D eigenvalue weighted by atomic mass is 35.5. The van der Waals surface area contributed by atoms with Crippen molar-refractivity contribution in [2.75, 3.05) is 26.2 Å². The highest BCUT2D eigenvalue weighted by Gasteiger charge is 2.22. The van der Waals surface area contributed by atoms with E-state index in [2.05, 4.69) is 22.5 Å². The first-order valence-electron chi connectivity index (χ1n) is 8.68. The van der Waals surface area contributed by atoms with Gasteiger partial charge in [0.15, 0.2) is 0 Å². The summed E-state index contributed by atoms with van der Waals surface area (Å²) in [7, 11) is 0. The fourth-order valence-corrected chi connectivity index (χ4v) is 3.29. The van der Waals surface area contributed by atoms with Gasteiger partial charge in [0.05, 0.1) is 12.6 Å². The molecule has 1 aliphatic rings. The number of carbonyl (C=O) groups excluding carboxylic acids is 1. The van der Waals surface area contributed by atoms with Crippen LogP contribution in [0.4, 0.5) is 0 Å². The van der Waals surface area contributed by atoms with E-state index in [0.29, 0.717) is 17.6 Å². The number of hydrogen-bond donors (Lipinski definition) is 2. The van der Waals surface area contributed by atoms with Gasteiger partial charge in [-0.3, -0.25) is 9.69 Å². The van der Waals surface area contributed by atoms with Gasteiger partial charge in [0.2, 0.25) is 5.91 Å². The minimum atomic E-state index is -0.177. The lowest BCUT2D eigenvalue weighted by Crippen LogP contribution is -2.53. The fourth-order valence-electron chi connectivity index (χ4n) is 3.17. The molecule has 140 valence electrons. The molecule has 2 aromatic rings. The minimum Gasteiger partial charge on any atom is -0.344 e. The molecule has 1 heterocycles. The topological polar surface area (TPSA) is 44.4 Å². The molecule has 2 aromatic carbocycles. The second kappa shape index (κ2) is 9.93. The molecule has 0 radical (unpaired) electrons. The van der Waals surface area contributed by atoms with Gasteiger partial charge in [-0.25, -0.2) is 0 Å². The average molecular weight is 394 g/mol. The van der Waals surface area contributed by atoms with E-state index in [-0.39, 0.29) is 24.4 Å². The van der Waals surface area contributed by atoms with Crippen molar-refractivity contribution in [1.82, 2.24) is 15.5 Å². The summed E-state index contributed by atoms with van der Waals surface area (Å²) < 4.78 is 0. The molecule has 2 N–H and O–H groups in total. The van der Waals surface area contributed by atoms with Crippen LogP contribution in [0.2, 0.25) is 5.02 Å². The summed E-state index contributed by atoms with van der Waals surface area (Å²) in [6.07, 6.45) is 0. The maximum atomic E-state index is 12.7. The summed E-state index contributed by atoms with van der Waals surface area (Å²) in [5.41, 5.74) is 2.09. The number of nitrogens with zero attached hydrogens (tertiary/aromatic N) is 1. The number of benzene rings is 2. The van der Waals surface area contributed by atoms with Crippen LogP contribution in [0.3, 0.4) is 0 Å². The lowest BCUT2D eigenvalue weighted by atomic mass is 9.98. The summed E-state index contributed by atoms with van der Waals surface area (Å²) in [6.45, 7) is 5.31. The average Bonchev–Trinajstić information content (AvgIpc) is 2.63. The van der Waals surface area contributed by atoms with Gasteiger partial charge in [0.25, 0.3) is 0 Å². The third-order valence-corrected chi connectivity index (χ3v) is 4.88. The van der Waals surface area contributed by atoms with Crippen LogP contribution in [0, 0.1) is 0 Å². The van der Waals surface area contributed by atoms with E-state index >= 15 is 0 Å². The summed E-state index contributed by atoms with van der Waals surface area (Å²) >= 11 is 6.01. The van der Waals surface area contributed by atoms with Crippen LogP contribution < -0.4 is 10.6 Å². The highest BCUT2D eigenvalue weighted by molar-refractivity contribution is 6.30. The summed E-state index contributed by atoms with van der Waals surface area (Å²) in [4.78, 5) is 14.9. The minimum absolute atomic E-state index is 0. The molecule has 26 heavy (non-hydrogen) atoms. The van der Waals surface area contributed by atoms with Crippen molar-refractivity contribution < 1.29 is 4.79 Å². The lowest BCUT2D eigenvalue weighted by molar-refractivity contribution is -0.123. The van der Waals surface area contributed by atoms with E-state index in [1.165, 1.54) is 0 Å². The zero-order valence-corrected chi connectivity index (χ0v) is 16.4. The van der Waals surface area contributed by atoms with E-state index in [9.17, 15) is 4.79 Å². The second-order valence-corrected chi connectivity index (χ2v) is 6.92. The van der Waals surface area contributed by atoms with Crippen LogP contribution in [-0.2, 0) is 4.79 Å². The smallest absolute Gasteiger partial charge is 0.234 e. The van der Waals surface area contributed by atoms with Crippen LogP contribution in [0.1, 0.15) is 24.1 Å². The molecule has 6 heteroatoms. The molecule has 0 spiro atoms. The van der Waals surface area contributed by atoms with Crippen molar-refractivity contribution in [2.24, 2.45) is 0 Å². The molecule has 1 aliphatic heterocycles. The zero-order chi connectivity index (χ0) is 17.6. The molecular weight excluding hydrogens is 369 g/mol. The van der Waals surface area contributed by atoms with E-state index in [4.69, 9.17) is 11.6 Å². The Morgan fingerprint density at radius 3 is 2.50 bits per heavy atom. The van der Waals surface area contributed by atoms with Gasteiger partial charge in [-0.1, -0.05) is 54.1 Å². The Bertz CT molecular complexity index is 694. The summed E-state index contributed by atoms with van der Waals surface area (Å²) in [5, 5.41) is 7.23. The van der Waals surface area contributed by atoms with Crippen LogP contribution in [-0.4, -0.2) is 43.0 Å². The van der Waals surface area contributed by atoms with Crippen molar-refractivity contribution in [3.8, 4) is 0 Å². The normalized spacial score (nSPS) is 18.6. The molecule has 1 amide bonds. The highest BCUT2D eigenvalue weighted by Crippen LogP contribution is 2.23. The van der Waals surface area contributed by atoms with Crippen LogP contribution in [0.15, 0.2) is 54.6 Å². The van der Waals surface area contributed by atoms with Crippen molar-refractivity contribution in [3.05, 3.63) is 70.7 Å². The van der Waals surface area contributed by atoms with E-state index in [0.717, 1.165) is 30.8 Å². The molecule has 0 saturated carbocycles. The van der Waals surface area contributed by atoms with Crippen molar-refractivity contribution in [2.45, 2.75) is 19.0 Å². The third kappa shape index (κ3) is 5.45. The molecular formula is C20H25Cl2N3O. The number of carbonyl (C=O) groups is 1. The number of hydrogen-bond acceptors (Lipinski definition) is 3. The second-order valence-electron chi connectivity index (χ2n) is 6.49. The molecule has 0 bridgehead atoms. The van der Waals surface area contributed by atoms with E-state index in [1.807, 2.05) is 54.6 Å². The molecule has 1 unspecified atom stereocenters. The molecule has 3 rings (SSSR count). The Labute approximate surface area is 166 Å². The fraction of sp³-hybridized carbons (Fsp3) is 0.350. The van der Waals surface area contributed by atoms with Gasteiger partial charge in [0.1, 0.15) is 0 Å². The van der Waals surface area contributed by atoms with Crippen LogP contribution >= 0.6 is 24.0 Å². The largest absolute Gasteiger partial charge is 0.344 e. The van der Waals surface area contributed by atoms with E-state index < -0.39 is 0 Å². The zero-order valence-electron chi connectivity index (χ0n) is 14.8. The SMILES string of the molecule is C[C@H]1CNCCN1CC(=O)NC(c1ccccc1)c1ccc(Cl)cc1.Cl. The number of nitrogens with one attached hydrogen (secondary N) is 2. The lowest BCUT2D eigenvalue weighted by Gasteiger charge is -2.33. The van der Waals surface area contributed by atoms with Crippen molar-refractivity contribution in [3.63, 3.8) is 0 Å². The Kier molecular flexibility index (Phi) is 7.91. The predicted molar refractivity (Wildman–Crippen MR) is 109 cm³/mol. The maximum absolute atomic E-state index is 12.7. The van der Waals surface area contributed by atoms with Gasteiger partial charge in [-0.05, 0) is 30.2 Å². The van der Waals surface area contributed by atoms with Crippen LogP contribution in [0.25, 0.3) is 0 Å². The first-order valence-corrected chi connectivity index (χ1v) is 9.06. The Hall–Kier alpha value is -1.59. The number of amides is 1. The van der Waals surface area contributed by atoms with Gasteiger partial charge in [0, 0.05) is 30.7 Å². The number of rotatable bonds is 5. The van der Waals surface area contributed by atoms with Gasteiger partial charge in [-0.15, -0.1) is 12.4 Å². The van der Waals surface area contributed by atoms with Gasteiger partial charge >= 0.3 is 0 Å². The van der Waals surface area contributed by atoms with Crippen LogP contribution in [0.5, 0.6) is 0 Å². The molecule has 1 saturated heterocycles. The number of halogens is 2. The Morgan fingerprint density at radius 2 is 1.85 bits per heavy atom. The molecule has 4 nitrogen and oxygen atoms in total. The summed E-state index contributed by atoms with van der Waals surface area (Å²) in [5.74, 6) is 0.0394. The van der Waals surface area contributed by atoms with E-state index in [1.54, 1.807) is 0 Å². The maximum Gasteiger partial charge on any atom is 0.234 e. The first-order chi connectivity index (χ1) is 12.1. The first kappa shape index (κ1) is 20.7. The predicted octanol–water partition coefficient (Wildman–Crippen LogP) is 3.26. The number of piperazine rings is 1. The Balaban J connectivity index is 0.00000243. The van der Waals surface area contributed by atoms with Gasteiger partial charge in [-0.2, -0.15) is 0 Å². The molecule has 0 aliphatic carbocycles. The molecule has 2 atom stereocenters. The standard InChI is InChI=1S/C20H24ClN3O.ClH/c1-15-13-22-11-12-24(15)14-19(25)23-20(16-5-3-2-4-6-16)17-7-9-18(21)10-8-17;/h2-10,15,20,22H,11-14H2,1H3,(H,23,25);1H/t15-,20?;/m0./s1. The summed E-state index contributed by atoms with van der Waals surface area (Å²) in [6, 6.07) is 17.9.